The highest BCUT2D eigenvalue weighted by Gasteiger charge is 2.27. The number of rotatable bonds is 4. The van der Waals surface area contributed by atoms with Crippen LogP contribution in [0.25, 0.3) is 28.0 Å². The second kappa shape index (κ2) is 7.80. The molecule has 11 heteroatoms. The van der Waals surface area contributed by atoms with Gasteiger partial charge in [0.1, 0.15) is 29.5 Å². The summed E-state index contributed by atoms with van der Waals surface area (Å²) in [7, 11) is 1.65. The highest BCUT2D eigenvalue weighted by molar-refractivity contribution is 5.88. The molecular weight excluding hydrogens is 441 g/mol. The Morgan fingerprint density at radius 2 is 1.91 bits per heavy atom. The fraction of sp³-hybridized carbons (Fsp3) is 0.174. The van der Waals surface area contributed by atoms with Gasteiger partial charge < -0.3 is 14.7 Å². The number of aromatic nitrogens is 6. The first-order chi connectivity index (χ1) is 16.2. The largest absolute Gasteiger partial charge is 0.448 e. The molecule has 172 valence electrons. The number of anilines is 1. The van der Waals surface area contributed by atoms with E-state index in [0.29, 0.717) is 45.0 Å². The maximum Gasteiger partial charge on any atom is 0.428 e. The molecule has 0 spiro atoms. The summed E-state index contributed by atoms with van der Waals surface area (Å²) in [6.45, 7) is 3.59. The molecule has 0 saturated carbocycles. The van der Waals surface area contributed by atoms with Crippen molar-refractivity contribution in [3.63, 3.8) is 0 Å². The lowest BCUT2D eigenvalue weighted by Crippen LogP contribution is -2.44. The van der Waals surface area contributed by atoms with Gasteiger partial charge in [0.15, 0.2) is 6.39 Å². The number of aromatic amines is 1. The van der Waals surface area contributed by atoms with Crippen LogP contribution in [-0.2, 0) is 13.6 Å². The third-order valence-corrected chi connectivity index (χ3v) is 5.74. The van der Waals surface area contributed by atoms with Crippen LogP contribution < -0.4 is 21.4 Å². The van der Waals surface area contributed by atoms with Crippen LogP contribution in [-0.4, -0.2) is 24.3 Å². The average molecular weight is 462 g/mol. The van der Waals surface area contributed by atoms with E-state index in [-0.39, 0.29) is 18.1 Å². The van der Waals surface area contributed by atoms with Crippen LogP contribution in [0.2, 0.25) is 0 Å². The van der Waals surface area contributed by atoms with E-state index in [1.54, 1.807) is 45.3 Å². The van der Waals surface area contributed by atoms with E-state index in [2.05, 4.69) is 15.1 Å². The van der Waals surface area contributed by atoms with Crippen molar-refractivity contribution in [2.24, 2.45) is 7.05 Å². The maximum absolute atomic E-state index is 13.6. The van der Waals surface area contributed by atoms with E-state index in [4.69, 9.17) is 10.2 Å². The SMILES string of the molecule is Cc1ocnc1Cn1[nH]c2c(-c3cc(C)c(=O)n(C)c3)c(-c3ccc(F)cc3)nc(N)[n+]2c1=O. The lowest BCUT2D eigenvalue weighted by Gasteiger charge is -2.10. The molecule has 0 aliphatic carbocycles. The lowest BCUT2D eigenvalue weighted by atomic mass is 10.00. The van der Waals surface area contributed by atoms with Crippen molar-refractivity contribution in [1.82, 2.24) is 24.3 Å². The third-order valence-electron chi connectivity index (χ3n) is 5.74. The molecule has 0 radical (unpaired) electrons. The van der Waals surface area contributed by atoms with Gasteiger partial charge in [-0.15, -0.1) is 9.38 Å². The second-order valence-corrected chi connectivity index (χ2v) is 8.05. The molecule has 0 aliphatic rings. The molecule has 3 N–H and O–H groups in total. The minimum absolute atomic E-state index is 0.0449. The number of aryl methyl sites for hydroxylation is 3. The van der Waals surface area contributed by atoms with E-state index in [1.165, 1.54) is 32.2 Å². The van der Waals surface area contributed by atoms with Gasteiger partial charge in [-0.25, -0.2) is 19.3 Å². The molecule has 10 nitrogen and oxygen atoms in total. The van der Waals surface area contributed by atoms with Gasteiger partial charge in [0.05, 0.1) is 5.56 Å². The molecule has 0 amide bonds. The molecular formula is C23H21FN7O3+. The number of nitrogens with two attached hydrogens (primary N) is 1. The number of H-pyrrole nitrogens is 1. The Hall–Kier alpha value is -4.54. The van der Waals surface area contributed by atoms with E-state index < -0.39 is 11.5 Å². The highest BCUT2D eigenvalue weighted by atomic mass is 19.1. The number of nitrogens with one attached hydrogen (secondary N) is 1. The van der Waals surface area contributed by atoms with Gasteiger partial charge in [0, 0.05) is 29.9 Å². The highest BCUT2D eigenvalue weighted by Crippen LogP contribution is 2.32. The first-order valence-electron chi connectivity index (χ1n) is 10.4. The van der Waals surface area contributed by atoms with E-state index in [0.717, 1.165) is 0 Å². The summed E-state index contributed by atoms with van der Waals surface area (Å²) in [6, 6.07) is 7.53. The van der Waals surface area contributed by atoms with Gasteiger partial charge >= 0.3 is 11.6 Å². The van der Waals surface area contributed by atoms with E-state index >= 15 is 0 Å². The Bertz CT molecular complexity index is 1650. The Kier molecular flexibility index (Phi) is 4.89. The molecule has 0 aliphatic heterocycles. The molecule has 4 heterocycles. The topological polar surface area (TPSA) is 129 Å². The zero-order valence-electron chi connectivity index (χ0n) is 18.7. The summed E-state index contributed by atoms with van der Waals surface area (Å²) in [5.74, 6) is 0.147. The van der Waals surface area contributed by atoms with Crippen molar-refractivity contribution in [2.75, 3.05) is 5.73 Å². The number of benzene rings is 1. The van der Waals surface area contributed by atoms with Crippen LogP contribution in [0.15, 0.2) is 56.9 Å². The van der Waals surface area contributed by atoms with Crippen molar-refractivity contribution >= 4 is 11.6 Å². The fourth-order valence-corrected chi connectivity index (χ4v) is 4.00. The van der Waals surface area contributed by atoms with Gasteiger partial charge in [-0.3, -0.25) is 4.79 Å². The summed E-state index contributed by atoms with van der Waals surface area (Å²) < 4.78 is 22.9. The summed E-state index contributed by atoms with van der Waals surface area (Å²) in [5.41, 5.74) is 9.30. The normalized spacial score (nSPS) is 11.4. The zero-order valence-corrected chi connectivity index (χ0v) is 18.7. The van der Waals surface area contributed by atoms with Gasteiger partial charge in [-0.05, 0) is 44.2 Å². The number of hydrogen-bond donors (Lipinski definition) is 2. The van der Waals surface area contributed by atoms with Crippen molar-refractivity contribution in [3.8, 4) is 22.4 Å². The minimum atomic E-state index is -0.448. The first-order valence-corrected chi connectivity index (χ1v) is 10.4. The zero-order chi connectivity index (χ0) is 24.1. The van der Waals surface area contributed by atoms with Crippen molar-refractivity contribution < 1.29 is 13.2 Å². The second-order valence-electron chi connectivity index (χ2n) is 8.05. The predicted octanol–water partition coefficient (Wildman–Crippen LogP) is 1.72. The molecule has 0 saturated heterocycles. The van der Waals surface area contributed by atoms with Crippen molar-refractivity contribution in [2.45, 2.75) is 20.4 Å². The summed E-state index contributed by atoms with van der Waals surface area (Å²) in [6.07, 6.45) is 2.97. The Labute approximate surface area is 191 Å². The number of oxazole rings is 1. The maximum atomic E-state index is 13.6. The molecule has 4 aromatic heterocycles. The monoisotopic (exact) mass is 462 g/mol. The van der Waals surface area contributed by atoms with Crippen molar-refractivity contribution in [1.29, 1.82) is 0 Å². The summed E-state index contributed by atoms with van der Waals surface area (Å²) in [4.78, 5) is 34.3. The number of nitrogens with zero attached hydrogens (tertiary/aromatic N) is 5. The average Bonchev–Trinajstić information content (AvgIpc) is 3.35. The predicted molar refractivity (Wildman–Crippen MR) is 122 cm³/mol. The Morgan fingerprint density at radius 1 is 1.18 bits per heavy atom. The Morgan fingerprint density at radius 3 is 2.56 bits per heavy atom. The molecule has 0 fully saturated rings. The van der Waals surface area contributed by atoms with Crippen LogP contribution in [0.1, 0.15) is 17.0 Å². The first kappa shape index (κ1) is 21.3. The van der Waals surface area contributed by atoms with E-state index in [9.17, 15) is 14.0 Å². The minimum Gasteiger partial charge on any atom is -0.448 e. The van der Waals surface area contributed by atoms with E-state index in [1.807, 2.05) is 0 Å². The van der Waals surface area contributed by atoms with Gasteiger partial charge in [0.25, 0.3) is 5.56 Å². The molecule has 0 atom stereocenters. The van der Waals surface area contributed by atoms with Gasteiger partial charge in [-0.2, -0.15) is 4.68 Å². The lowest BCUT2D eigenvalue weighted by molar-refractivity contribution is -0.516. The number of nitrogen functional groups attached to an aromatic ring is 1. The molecule has 1 aromatic carbocycles. The molecule has 0 unspecified atom stereocenters. The van der Waals surface area contributed by atoms with Crippen LogP contribution in [0.3, 0.4) is 0 Å². The number of halogens is 1. The van der Waals surface area contributed by atoms with Crippen LogP contribution in [0, 0.1) is 19.7 Å². The van der Waals surface area contributed by atoms with Crippen LogP contribution in [0.4, 0.5) is 10.3 Å². The molecule has 5 rings (SSSR count). The Balaban J connectivity index is 1.86. The summed E-state index contributed by atoms with van der Waals surface area (Å²) in [5, 5.41) is 3.12. The number of pyridine rings is 1. The van der Waals surface area contributed by atoms with Crippen LogP contribution in [0.5, 0.6) is 0 Å². The summed E-state index contributed by atoms with van der Waals surface area (Å²) >= 11 is 0. The number of hydrogen-bond acceptors (Lipinski definition) is 6. The third kappa shape index (κ3) is 3.38. The fourth-order valence-electron chi connectivity index (χ4n) is 4.00. The molecule has 34 heavy (non-hydrogen) atoms. The van der Waals surface area contributed by atoms with Crippen molar-refractivity contribution in [3.05, 3.63) is 86.6 Å². The van der Waals surface area contributed by atoms with Crippen LogP contribution >= 0.6 is 0 Å². The standard InChI is InChI=1S/C23H20FN7O3/c1-12-8-15(9-29(3)21(12)32)18-19(14-4-6-16(24)7-5-14)27-22(25)31-20(18)28-30(23(31)33)10-17-13(2)34-11-26-17/h4-9,11H,10H2,1-3H3,(H2,25,27,28)/p+1. The molecule has 0 bridgehead atoms. The quantitative estimate of drug-likeness (QED) is 0.391. The number of fused-ring (bicyclic) bond motifs is 1. The molecule has 5 aromatic rings. The smallest absolute Gasteiger partial charge is 0.428 e. The van der Waals surface area contributed by atoms with Gasteiger partial charge in [0.2, 0.25) is 5.65 Å². The van der Waals surface area contributed by atoms with Gasteiger partial charge in [-0.1, -0.05) is 0 Å².